The van der Waals surface area contributed by atoms with E-state index in [0.29, 0.717) is 11.8 Å². The Morgan fingerprint density at radius 1 is 1.38 bits per heavy atom. The predicted octanol–water partition coefficient (Wildman–Crippen LogP) is 1.39. The van der Waals surface area contributed by atoms with E-state index in [0.717, 1.165) is 0 Å². The first kappa shape index (κ1) is 15.6. The van der Waals surface area contributed by atoms with Gasteiger partial charge in [-0.05, 0) is 13.2 Å². The van der Waals surface area contributed by atoms with Gasteiger partial charge in [0.2, 0.25) is 5.91 Å². The fraction of sp³-hybridized carbons (Fsp3) is 0.889. The molecule has 0 aromatic rings. The summed E-state index contributed by atoms with van der Waals surface area (Å²) in [5, 5.41) is 5.02. The van der Waals surface area contributed by atoms with E-state index in [1.165, 1.54) is 0 Å². The fourth-order valence-electron chi connectivity index (χ4n) is 0.859. The number of hydrogen-bond donors (Lipinski definition) is 2. The Morgan fingerprint density at radius 2 is 1.94 bits per heavy atom. The van der Waals surface area contributed by atoms with Gasteiger partial charge in [0.1, 0.15) is 6.54 Å². The predicted molar refractivity (Wildman–Crippen MR) is 59.5 cm³/mol. The van der Waals surface area contributed by atoms with Crippen molar-refractivity contribution in [2.24, 2.45) is 0 Å². The molecule has 1 amide bonds. The Hall–Kier alpha value is -0.430. The van der Waals surface area contributed by atoms with Crippen LogP contribution in [0.3, 0.4) is 0 Å². The molecule has 0 aliphatic heterocycles. The molecule has 0 radical (unpaired) electrons. The minimum Gasteiger partial charge on any atom is -0.346 e. The van der Waals surface area contributed by atoms with Gasteiger partial charge in [-0.15, -0.1) is 0 Å². The van der Waals surface area contributed by atoms with Gasteiger partial charge in [0.05, 0.1) is 6.04 Å². The smallest absolute Gasteiger partial charge is 0.346 e. The molecule has 0 saturated heterocycles. The number of rotatable bonds is 6. The van der Waals surface area contributed by atoms with Crippen molar-refractivity contribution in [2.45, 2.75) is 31.3 Å². The molecular formula is C9H17F3N2OS. The Balaban J connectivity index is 3.82. The lowest BCUT2D eigenvalue weighted by Crippen LogP contribution is -2.46. The van der Waals surface area contributed by atoms with Gasteiger partial charge in [-0.1, -0.05) is 6.92 Å². The number of thioether (sulfide) groups is 1. The molecule has 0 aromatic heterocycles. The lowest BCUT2D eigenvalue weighted by Gasteiger charge is -2.17. The summed E-state index contributed by atoms with van der Waals surface area (Å²) < 4.78 is 35.4. The van der Waals surface area contributed by atoms with Crippen LogP contribution in [-0.4, -0.2) is 42.7 Å². The van der Waals surface area contributed by atoms with Crippen LogP contribution in [0.15, 0.2) is 0 Å². The van der Waals surface area contributed by atoms with Crippen LogP contribution in [0.1, 0.15) is 13.8 Å². The standard InChI is InChI=1S/C9H17F3N2OS/c1-6(16-3)4-13-7(2)8(15)14-5-9(10,11)12/h6-7,13H,4-5H2,1-3H3,(H,14,15). The maximum Gasteiger partial charge on any atom is 0.405 e. The summed E-state index contributed by atoms with van der Waals surface area (Å²) in [5.74, 6) is -0.634. The van der Waals surface area contributed by atoms with Crippen LogP contribution in [0, 0.1) is 0 Å². The van der Waals surface area contributed by atoms with E-state index in [-0.39, 0.29) is 0 Å². The zero-order valence-electron chi connectivity index (χ0n) is 9.52. The average Bonchev–Trinajstić information content (AvgIpc) is 2.20. The molecule has 0 aliphatic rings. The van der Waals surface area contributed by atoms with Gasteiger partial charge in [-0.2, -0.15) is 24.9 Å². The molecule has 2 N–H and O–H groups in total. The summed E-state index contributed by atoms with van der Waals surface area (Å²) in [5.41, 5.74) is 0. The molecule has 0 heterocycles. The topological polar surface area (TPSA) is 41.1 Å². The Labute approximate surface area is 97.5 Å². The lowest BCUT2D eigenvalue weighted by molar-refractivity contribution is -0.139. The second-order valence-corrected chi connectivity index (χ2v) is 4.79. The molecular weight excluding hydrogens is 241 g/mol. The molecule has 0 rings (SSSR count). The Bertz CT molecular complexity index is 223. The molecule has 0 aromatic carbocycles. The normalized spacial score (nSPS) is 15.6. The van der Waals surface area contributed by atoms with E-state index in [1.54, 1.807) is 18.7 Å². The minimum absolute atomic E-state index is 0.317. The number of nitrogens with one attached hydrogen (secondary N) is 2. The number of hydrogen-bond acceptors (Lipinski definition) is 3. The van der Waals surface area contributed by atoms with Crippen molar-refractivity contribution in [3.63, 3.8) is 0 Å². The van der Waals surface area contributed by atoms with Gasteiger partial charge in [-0.25, -0.2) is 0 Å². The van der Waals surface area contributed by atoms with Crippen molar-refractivity contribution in [2.75, 3.05) is 19.3 Å². The summed E-state index contributed by atoms with van der Waals surface area (Å²) in [6.07, 6.45) is -2.43. The van der Waals surface area contributed by atoms with Crippen molar-refractivity contribution in [3.05, 3.63) is 0 Å². The number of carbonyl (C=O) groups is 1. The van der Waals surface area contributed by atoms with Gasteiger partial charge in [0.25, 0.3) is 0 Å². The third kappa shape index (κ3) is 7.81. The van der Waals surface area contributed by atoms with E-state index in [2.05, 4.69) is 5.32 Å². The van der Waals surface area contributed by atoms with Gasteiger partial charge in [0, 0.05) is 11.8 Å². The highest BCUT2D eigenvalue weighted by molar-refractivity contribution is 7.99. The third-order valence-electron chi connectivity index (χ3n) is 1.97. The molecule has 7 heteroatoms. The highest BCUT2D eigenvalue weighted by atomic mass is 32.2. The molecule has 3 nitrogen and oxygen atoms in total. The molecule has 0 spiro atoms. The van der Waals surface area contributed by atoms with Crippen LogP contribution < -0.4 is 10.6 Å². The summed E-state index contributed by atoms with van der Waals surface area (Å²) >= 11 is 1.62. The minimum atomic E-state index is -4.36. The molecule has 2 unspecified atom stereocenters. The number of halogens is 3. The van der Waals surface area contributed by atoms with Crippen molar-refractivity contribution in [1.82, 2.24) is 10.6 Å². The summed E-state index contributed by atoms with van der Waals surface area (Å²) in [6.45, 7) is 2.81. The van der Waals surface area contributed by atoms with Gasteiger partial charge >= 0.3 is 6.18 Å². The molecule has 0 bridgehead atoms. The molecule has 0 fully saturated rings. The lowest BCUT2D eigenvalue weighted by atomic mass is 10.3. The first-order valence-corrected chi connectivity index (χ1v) is 6.15. The van der Waals surface area contributed by atoms with Crippen molar-refractivity contribution in [3.8, 4) is 0 Å². The van der Waals surface area contributed by atoms with Gasteiger partial charge < -0.3 is 10.6 Å². The highest BCUT2D eigenvalue weighted by Gasteiger charge is 2.28. The molecule has 2 atom stereocenters. The van der Waals surface area contributed by atoms with Crippen molar-refractivity contribution < 1.29 is 18.0 Å². The van der Waals surface area contributed by atoms with E-state index in [4.69, 9.17) is 0 Å². The van der Waals surface area contributed by atoms with Crippen molar-refractivity contribution in [1.29, 1.82) is 0 Å². The number of carbonyl (C=O) groups excluding carboxylic acids is 1. The maximum atomic E-state index is 11.8. The van der Waals surface area contributed by atoms with Crippen LogP contribution in [0.2, 0.25) is 0 Å². The van der Waals surface area contributed by atoms with E-state index < -0.39 is 24.7 Å². The van der Waals surface area contributed by atoms with Crippen LogP contribution in [0.4, 0.5) is 13.2 Å². The van der Waals surface area contributed by atoms with Crippen LogP contribution in [0.5, 0.6) is 0 Å². The third-order valence-corrected chi connectivity index (χ3v) is 2.94. The van der Waals surface area contributed by atoms with Crippen LogP contribution in [0.25, 0.3) is 0 Å². The largest absolute Gasteiger partial charge is 0.405 e. The monoisotopic (exact) mass is 258 g/mol. The second kappa shape index (κ2) is 7.01. The molecule has 0 saturated carbocycles. The summed E-state index contributed by atoms with van der Waals surface area (Å²) in [6, 6.07) is -0.614. The van der Waals surface area contributed by atoms with Gasteiger partial charge in [0.15, 0.2) is 0 Å². The average molecular weight is 258 g/mol. The molecule has 0 aliphatic carbocycles. The van der Waals surface area contributed by atoms with Crippen molar-refractivity contribution >= 4 is 17.7 Å². The zero-order chi connectivity index (χ0) is 12.8. The Kier molecular flexibility index (Phi) is 6.82. The SMILES string of the molecule is CSC(C)CNC(C)C(=O)NCC(F)(F)F. The summed E-state index contributed by atoms with van der Waals surface area (Å²) in [4.78, 5) is 11.2. The highest BCUT2D eigenvalue weighted by Crippen LogP contribution is 2.12. The van der Waals surface area contributed by atoms with Crippen LogP contribution >= 0.6 is 11.8 Å². The maximum absolute atomic E-state index is 11.8. The van der Waals surface area contributed by atoms with Gasteiger partial charge in [-0.3, -0.25) is 4.79 Å². The quantitative estimate of drug-likeness (QED) is 0.756. The summed E-state index contributed by atoms with van der Waals surface area (Å²) in [7, 11) is 0. The van der Waals surface area contributed by atoms with E-state index in [1.807, 2.05) is 18.5 Å². The second-order valence-electron chi connectivity index (χ2n) is 3.51. The Morgan fingerprint density at radius 3 is 2.38 bits per heavy atom. The number of alkyl halides is 3. The first-order valence-electron chi connectivity index (χ1n) is 4.87. The fourth-order valence-corrected chi connectivity index (χ4v) is 1.12. The molecule has 16 heavy (non-hydrogen) atoms. The molecule has 96 valence electrons. The van der Waals surface area contributed by atoms with Crippen LogP contribution in [-0.2, 0) is 4.79 Å². The number of amides is 1. The van der Waals surface area contributed by atoms with E-state index >= 15 is 0 Å². The first-order chi connectivity index (χ1) is 7.26. The van der Waals surface area contributed by atoms with E-state index in [9.17, 15) is 18.0 Å². The zero-order valence-corrected chi connectivity index (χ0v) is 10.3.